The molecular formula is C12H17N5O4. The van der Waals surface area contributed by atoms with Gasteiger partial charge in [0.2, 0.25) is 0 Å². The first-order valence-corrected chi connectivity index (χ1v) is 6.48. The van der Waals surface area contributed by atoms with Crippen LogP contribution >= 0.6 is 0 Å². The summed E-state index contributed by atoms with van der Waals surface area (Å²) in [6.07, 6.45) is 2.13. The van der Waals surface area contributed by atoms with Gasteiger partial charge in [-0.2, -0.15) is 0 Å². The summed E-state index contributed by atoms with van der Waals surface area (Å²) in [5.74, 6) is -0.393. The van der Waals surface area contributed by atoms with Gasteiger partial charge in [0.1, 0.15) is 12.2 Å². The smallest absolute Gasteiger partial charge is 0.307 e. The number of carbonyl (C=O) groups is 1. The Hall–Kier alpha value is -2.42. The van der Waals surface area contributed by atoms with Crippen molar-refractivity contribution in [2.75, 3.05) is 6.61 Å². The van der Waals surface area contributed by atoms with E-state index in [0.29, 0.717) is 12.3 Å². The lowest BCUT2D eigenvalue weighted by atomic mass is 10.5. The molecule has 21 heavy (non-hydrogen) atoms. The molecule has 0 saturated carbocycles. The lowest BCUT2D eigenvalue weighted by molar-refractivity contribution is -0.134. The minimum absolute atomic E-state index is 0.0966. The van der Waals surface area contributed by atoms with E-state index < -0.39 is 17.2 Å². The van der Waals surface area contributed by atoms with Gasteiger partial charge < -0.3 is 4.57 Å². The summed E-state index contributed by atoms with van der Waals surface area (Å²) < 4.78 is 3.69. The van der Waals surface area contributed by atoms with Crippen molar-refractivity contribution in [1.82, 2.24) is 24.2 Å². The molecule has 114 valence electrons. The van der Waals surface area contributed by atoms with Crippen LogP contribution in [0.3, 0.4) is 0 Å². The first-order valence-electron chi connectivity index (χ1n) is 6.48. The molecule has 2 heterocycles. The number of hydrogen-bond donors (Lipinski definition) is 1. The number of hydroxylamine groups is 1. The molecule has 0 atom stereocenters. The fourth-order valence-corrected chi connectivity index (χ4v) is 1.98. The molecule has 0 aliphatic carbocycles. The van der Waals surface area contributed by atoms with Crippen molar-refractivity contribution in [2.45, 2.75) is 19.9 Å². The van der Waals surface area contributed by atoms with Gasteiger partial charge in [-0.3, -0.25) is 23.6 Å². The molecule has 0 aliphatic rings. The second kappa shape index (κ2) is 5.92. The van der Waals surface area contributed by atoms with Crippen LogP contribution in [0.15, 0.2) is 15.9 Å². The van der Waals surface area contributed by atoms with Crippen LogP contribution in [0.25, 0.3) is 11.2 Å². The summed E-state index contributed by atoms with van der Waals surface area (Å²) in [5, 5.41) is 0. The molecule has 0 saturated heterocycles. The summed E-state index contributed by atoms with van der Waals surface area (Å²) in [4.78, 5) is 44.5. The van der Waals surface area contributed by atoms with Gasteiger partial charge >= 0.3 is 5.69 Å². The Labute approximate surface area is 119 Å². The Bertz CT molecular complexity index is 785. The van der Waals surface area contributed by atoms with Gasteiger partial charge in [-0.25, -0.2) is 15.3 Å². The van der Waals surface area contributed by atoms with E-state index >= 15 is 0 Å². The second-order valence-electron chi connectivity index (χ2n) is 4.62. The van der Waals surface area contributed by atoms with Crippen LogP contribution in [0.4, 0.5) is 0 Å². The quantitative estimate of drug-likeness (QED) is 0.557. The van der Waals surface area contributed by atoms with Crippen molar-refractivity contribution in [1.29, 1.82) is 0 Å². The number of rotatable bonds is 5. The zero-order chi connectivity index (χ0) is 15.6. The van der Waals surface area contributed by atoms with Crippen molar-refractivity contribution in [3.63, 3.8) is 0 Å². The molecule has 1 amide bonds. The van der Waals surface area contributed by atoms with Crippen LogP contribution in [-0.2, 0) is 30.3 Å². The maximum atomic E-state index is 12.0. The Morgan fingerprint density at radius 3 is 2.71 bits per heavy atom. The number of nitrogens with zero attached hydrogens (tertiary/aromatic N) is 4. The van der Waals surface area contributed by atoms with Crippen LogP contribution < -0.4 is 16.7 Å². The number of amides is 1. The van der Waals surface area contributed by atoms with E-state index in [2.05, 4.69) is 10.5 Å². The molecule has 9 heteroatoms. The number of carbonyl (C=O) groups excluding carboxylic acids is 1. The van der Waals surface area contributed by atoms with Gasteiger partial charge in [0.15, 0.2) is 5.52 Å². The molecule has 9 nitrogen and oxygen atoms in total. The molecule has 0 bridgehead atoms. The normalized spacial score (nSPS) is 11.0. The standard InChI is InChI=1S/C12H17N5O4/c1-4-5-21-14-8(18)6-17-7-13-9-10(17)15(2)12(20)16(3)11(9)19/h7H,4-6H2,1-3H3,(H,14,18). The molecule has 2 aromatic rings. The van der Waals surface area contributed by atoms with E-state index in [1.807, 2.05) is 6.92 Å². The summed E-state index contributed by atoms with van der Waals surface area (Å²) in [7, 11) is 2.90. The van der Waals surface area contributed by atoms with E-state index in [0.717, 1.165) is 11.0 Å². The highest BCUT2D eigenvalue weighted by Gasteiger charge is 2.15. The van der Waals surface area contributed by atoms with Gasteiger partial charge in [-0.05, 0) is 6.42 Å². The highest BCUT2D eigenvalue weighted by molar-refractivity contribution is 5.77. The van der Waals surface area contributed by atoms with Crippen molar-refractivity contribution < 1.29 is 9.63 Å². The highest BCUT2D eigenvalue weighted by Crippen LogP contribution is 2.05. The van der Waals surface area contributed by atoms with Crippen molar-refractivity contribution in [2.24, 2.45) is 14.1 Å². The monoisotopic (exact) mass is 295 g/mol. The number of imidazole rings is 1. The van der Waals surface area contributed by atoms with Crippen LogP contribution in [0, 0.1) is 0 Å². The Morgan fingerprint density at radius 2 is 2.05 bits per heavy atom. The molecular weight excluding hydrogens is 278 g/mol. The van der Waals surface area contributed by atoms with E-state index in [-0.39, 0.29) is 12.1 Å². The van der Waals surface area contributed by atoms with E-state index in [1.54, 1.807) is 0 Å². The summed E-state index contributed by atoms with van der Waals surface area (Å²) in [6, 6.07) is 0. The minimum Gasteiger partial charge on any atom is -0.307 e. The fraction of sp³-hybridized carbons (Fsp3) is 0.500. The molecule has 0 fully saturated rings. The van der Waals surface area contributed by atoms with E-state index in [1.165, 1.54) is 29.6 Å². The van der Waals surface area contributed by atoms with Crippen LogP contribution in [-0.4, -0.2) is 31.2 Å². The highest BCUT2D eigenvalue weighted by atomic mass is 16.6. The van der Waals surface area contributed by atoms with Crippen molar-refractivity contribution in [3.05, 3.63) is 27.2 Å². The lowest BCUT2D eigenvalue weighted by Crippen LogP contribution is -2.38. The van der Waals surface area contributed by atoms with Crippen LogP contribution in [0.2, 0.25) is 0 Å². The zero-order valence-electron chi connectivity index (χ0n) is 12.1. The predicted molar refractivity (Wildman–Crippen MR) is 74.6 cm³/mol. The first-order chi connectivity index (χ1) is 9.97. The number of fused-ring (bicyclic) bond motifs is 1. The Balaban J connectivity index is 2.37. The Kier molecular flexibility index (Phi) is 4.22. The van der Waals surface area contributed by atoms with Crippen molar-refractivity contribution >= 4 is 17.1 Å². The SMILES string of the molecule is CCCONC(=O)Cn1cnc2c(=O)n(C)c(=O)n(C)c21. The average Bonchev–Trinajstić information content (AvgIpc) is 2.87. The average molecular weight is 295 g/mol. The zero-order valence-corrected chi connectivity index (χ0v) is 12.1. The molecule has 2 aromatic heterocycles. The molecule has 0 radical (unpaired) electrons. The summed E-state index contributed by atoms with van der Waals surface area (Å²) in [6.45, 7) is 2.23. The number of nitrogens with one attached hydrogen (secondary N) is 1. The fourth-order valence-electron chi connectivity index (χ4n) is 1.98. The van der Waals surface area contributed by atoms with Crippen LogP contribution in [0.5, 0.6) is 0 Å². The third kappa shape index (κ3) is 2.72. The van der Waals surface area contributed by atoms with Gasteiger partial charge in [0, 0.05) is 14.1 Å². The van der Waals surface area contributed by atoms with Gasteiger partial charge in [-0.15, -0.1) is 0 Å². The molecule has 0 aromatic carbocycles. The second-order valence-corrected chi connectivity index (χ2v) is 4.62. The lowest BCUT2D eigenvalue weighted by Gasteiger charge is -2.09. The molecule has 2 rings (SSSR count). The van der Waals surface area contributed by atoms with E-state index in [4.69, 9.17) is 4.84 Å². The van der Waals surface area contributed by atoms with Gasteiger partial charge in [-0.1, -0.05) is 6.92 Å². The third-order valence-electron chi connectivity index (χ3n) is 3.01. The van der Waals surface area contributed by atoms with E-state index in [9.17, 15) is 14.4 Å². The number of aromatic nitrogens is 4. The summed E-state index contributed by atoms with van der Waals surface area (Å²) in [5.41, 5.74) is 1.76. The predicted octanol–water partition coefficient (Wildman–Crippen LogP) is -1.11. The largest absolute Gasteiger partial charge is 0.332 e. The molecule has 0 unspecified atom stereocenters. The minimum atomic E-state index is -0.491. The molecule has 0 aliphatic heterocycles. The van der Waals surface area contributed by atoms with Crippen LogP contribution in [0.1, 0.15) is 13.3 Å². The maximum Gasteiger partial charge on any atom is 0.332 e. The third-order valence-corrected chi connectivity index (χ3v) is 3.01. The van der Waals surface area contributed by atoms with Gasteiger partial charge in [0.25, 0.3) is 11.5 Å². The van der Waals surface area contributed by atoms with Gasteiger partial charge in [0.05, 0.1) is 12.9 Å². The number of aryl methyl sites for hydroxylation is 1. The first kappa shape index (κ1) is 15.0. The summed E-state index contributed by atoms with van der Waals surface area (Å²) >= 11 is 0. The number of hydrogen-bond acceptors (Lipinski definition) is 5. The molecule has 0 spiro atoms. The van der Waals surface area contributed by atoms with Crippen molar-refractivity contribution in [3.8, 4) is 0 Å². The Morgan fingerprint density at radius 1 is 1.33 bits per heavy atom. The maximum absolute atomic E-state index is 12.0. The topological polar surface area (TPSA) is 100 Å². The molecule has 1 N–H and O–H groups in total.